The standard InChI is InChI=1S/C23H24F2N2O8S2/c1-2-33-23(28)6-3-16-13-19(25)22(15-18(16)24)37(31,32)27-9-7-26(8-10-27)36(29,30)17-4-5-20-21(14-17)35-12-11-34-20/h3-6,13-15H,2,7-12H2,1H3/b6-3+. The molecule has 1 fully saturated rings. The fourth-order valence-electron chi connectivity index (χ4n) is 3.84. The van der Waals surface area contributed by atoms with E-state index < -0.39 is 42.5 Å². The van der Waals surface area contributed by atoms with Gasteiger partial charge in [-0.3, -0.25) is 0 Å². The van der Waals surface area contributed by atoms with Crippen LogP contribution in [0.25, 0.3) is 6.08 Å². The monoisotopic (exact) mass is 558 g/mol. The molecule has 1 saturated heterocycles. The van der Waals surface area contributed by atoms with Crippen LogP contribution >= 0.6 is 0 Å². The van der Waals surface area contributed by atoms with Crippen molar-refractivity contribution in [3.05, 3.63) is 53.6 Å². The van der Waals surface area contributed by atoms with Gasteiger partial charge in [0.2, 0.25) is 20.0 Å². The van der Waals surface area contributed by atoms with Crippen LogP contribution in [0.15, 0.2) is 46.2 Å². The summed E-state index contributed by atoms with van der Waals surface area (Å²) in [5.41, 5.74) is -0.333. The van der Waals surface area contributed by atoms with Crippen LogP contribution in [0, 0.1) is 11.6 Å². The number of halogens is 2. The third kappa shape index (κ3) is 5.61. The van der Waals surface area contributed by atoms with Gasteiger partial charge in [-0.25, -0.2) is 30.4 Å². The Bertz CT molecular complexity index is 1440. The van der Waals surface area contributed by atoms with Crippen molar-refractivity contribution in [2.75, 3.05) is 46.0 Å². The summed E-state index contributed by atoms with van der Waals surface area (Å²) in [4.78, 5) is 10.5. The molecule has 2 aliphatic heterocycles. The van der Waals surface area contributed by atoms with E-state index in [1.165, 1.54) is 18.2 Å². The number of piperazine rings is 1. The van der Waals surface area contributed by atoms with Crippen molar-refractivity contribution < 1.29 is 44.6 Å². The van der Waals surface area contributed by atoms with Gasteiger partial charge in [-0.05, 0) is 37.3 Å². The van der Waals surface area contributed by atoms with Gasteiger partial charge in [-0.1, -0.05) is 0 Å². The Labute approximate surface area is 213 Å². The quantitative estimate of drug-likeness (QED) is 0.374. The lowest BCUT2D eigenvalue weighted by Crippen LogP contribution is -2.50. The first-order chi connectivity index (χ1) is 17.5. The molecule has 2 aliphatic rings. The van der Waals surface area contributed by atoms with E-state index in [0.717, 1.165) is 20.8 Å². The predicted molar refractivity (Wildman–Crippen MR) is 127 cm³/mol. The third-order valence-corrected chi connectivity index (χ3v) is 9.51. The SMILES string of the molecule is CCOC(=O)/C=C/c1cc(F)c(S(=O)(=O)N2CCN(S(=O)(=O)c3ccc4c(c3)OCCO4)CC2)cc1F. The first kappa shape index (κ1) is 27.0. The van der Waals surface area contributed by atoms with Crippen molar-refractivity contribution >= 4 is 32.1 Å². The molecule has 0 unspecified atom stereocenters. The zero-order valence-corrected chi connectivity index (χ0v) is 21.4. The minimum Gasteiger partial charge on any atom is -0.486 e. The minimum atomic E-state index is -4.47. The molecule has 14 heteroatoms. The van der Waals surface area contributed by atoms with Gasteiger partial charge in [0, 0.05) is 43.9 Å². The molecule has 0 amide bonds. The Morgan fingerprint density at radius 1 is 0.919 bits per heavy atom. The lowest BCUT2D eigenvalue weighted by atomic mass is 10.2. The molecule has 0 bridgehead atoms. The van der Waals surface area contributed by atoms with E-state index in [0.29, 0.717) is 30.2 Å². The predicted octanol–water partition coefficient (Wildman–Crippen LogP) is 2.01. The van der Waals surface area contributed by atoms with E-state index in [-0.39, 0.29) is 49.9 Å². The Hall–Kier alpha value is -3.07. The largest absolute Gasteiger partial charge is 0.486 e. The number of carbonyl (C=O) groups is 1. The van der Waals surface area contributed by atoms with E-state index in [1.54, 1.807) is 6.92 Å². The fraction of sp³-hybridized carbons (Fsp3) is 0.348. The lowest BCUT2D eigenvalue weighted by molar-refractivity contribution is -0.137. The van der Waals surface area contributed by atoms with Gasteiger partial charge in [0.25, 0.3) is 0 Å². The summed E-state index contributed by atoms with van der Waals surface area (Å²) in [6, 6.07) is 5.42. The molecule has 0 aromatic heterocycles. The van der Waals surface area contributed by atoms with Crippen LogP contribution in [0.2, 0.25) is 0 Å². The zero-order valence-electron chi connectivity index (χ0n) is 19.7. The number of hydrogen-bond acceptors (Lipinski definition) is 8. The normalized spacial score (nSPS) is 17.2. The summed E-state index contributed by atoms with van der Waals surface area (Å²) in [6.45, 7) is 1.40. The van der Waals surface area contributed by atoms with Gasteiger partial charge in [0.05, 0.1) is 11.5 Å². The molecule has 0 saturated carbocycles. The zero-order chi connectivity index (χ0) is 26.8. The molecule has 200 valence electrons. The van der Waals surface area contributed by atoms with Crippen molar-refractivity contribution in [2.45, 2.75) is 16.7 Å². The third-order valence-electron chi connectivity index (χ3n) is 5.70. The van der Waals surface area contributed by atoms with Crippen LogP contribution in [0.3, 0.4) is 0 Å². The number of carbonyl (C=O) groups excluding carboxylic acids is 1. The van der Waals surface area contributed by atoms with Crippen LogP contribution in [0.1, 0.15) is 12.5 Å². The highest BCUT2D eigenvalue weighted by molar-refractivity contribution is 7.89. The van der Waals surface area contributed by atoms with Crippen molar-refractivity contribution in [3.8, 4) is 11.5 Å². The maximum absolute atomic E-state index is 14.7. The van der Waals surface area contributed by atoms with Crippen LogP contribution < -0.4 is 9.47 Å². The molecule has 0 aliphatic carbocycles. The molecular weight excluding hydrogens is 534 g/mol. The second-order valence-electron chi connectivity index (χ2n) is 8.00. The van der Waals surface area contributed by atoms with E-state index in [1.807, 2.05) is 0 Å². The number of fused-ring (bicyclic) bond motifs is 1. The van der Waals surface area contributed by atoms with Crippen LogP contribution in [0.5, 0.6) is 11.5 Å². The molecule has 2 aromatic rings. The highest BCUT2D eigenvalue weighted by Crippen LogP contribution is 2.33. The molecule has 0 radical (unpaired) electrons. The van der Waals surface area contributed by atoms with Crippen LogP contribution in [0.4, 0.5) is 8.78 Å². The summed E-state index contributed by atoms with van der Waals surface area (Å²) in [6.07, 6.45) is 1.88. The molecule has 2 heterocycles. The summed E-state index contributed by atoms with van der Waals surface area (Å²) in [5.74, 6) is -2.30. The highest BCUT2D eigenvalue weighted by Gasteiger charge is 2.36. The number of hydrogen-bond donors (Lipinski definition) is 0. The number of ether oxygens (including phenoxy) is 3. The Morgan fingerprint density at radius 3 is 2.19 bits per heavy atom. The van der Waals surface area contributed by atoms with Gasteiger partial charge < -0.3 is 14.2 Å². The van der Waals surface area contributed by atoms with Crippen molar-refractivity contribution in [1.29, 1.82) is 0 Å². The molecule has 10 nitrogen and oxygen atoms in total. The number of benzene rings is 2. The van der Waals surface area contributed by atoms with Gasteiger partial charge in [0.1, 0.15) is 29.7 Å². The number of sulfonamides is 2. The first-order valence-corrected chi connectivity index (χ1v) is 14.2. The van der Waals surface area contributed by atoms with Gasteiger partial charge in [0.15, 0.2) is 11.5 Å². The van der Waals surface area contributed by atoms with Crippen LogP contribution in [-0.4, -0.2) is 77.4 Å². The van der Waals surface area contributed by atoms with Crippen molar-refractivity contribution in [1.82, 2.24) is 8.61 Å². The summed E-state index contributed by atoms with van der Waals surface area (Å²) < 4.78 is 99.1. The number of rotatable bonds is 7. The molecule has 37 heavy (non-hydrogen) atoms. The van der Waals surface area contributed by atoms with E-state index in [9.17, 15) is 30.4 Å². The highest BCUT2D eigenvalue weighted by atomic mass is 32.2. The Kier molecular flexibility index (Phi) is 7.83. The maximum atomic E-state index is 14.7. The van der Waals surface area contributed by atoms with Gasteiger partial charge in [-0.15, -0.1) is 0 Å². The number of nitrogens with zero attached hydrogens (tertiary/aromatic N) is 2. The second-order valence-corrected chi connectivity index (χ2v) is 11.8. The first-order valence-electron chi connectivity index (χ1n) is 11.3. The van der Waals surface area contributed by atoms with Crippen molar-refractivity contribution in [3.63, 3.8) is 0 Å². The average molecular weight is 559 g/mol. The molecule has 0 atom stereocenters. The Balaban J connectivity index is 1.48. The smallest absolute Gasteiger partial charge is 0.330 e. The fourth-order valence-corrected chi connectivity index (χ4v) is 6.76. The number of esters is 1. The molecule has 0 spiro atoms. The van der Waals surface area contributed by atoms with Gasteiger partial charge in [-0.2, -0.15) is 8.61 Å². The molecule has 4 rings (SSSR count). The maximum Gasteiger partial charge on any atom is 0.330 e. The van der Waals surface area contributed by atoms with E-state index in [4.69, 9.17) is 9.47 Å². The molecule has 0 N–H and O–H groups in total. The topological polar surface area (TPSA) is 120 Å². The Morgan fingerprint density at radius 2 is 1.54 bits per heavy atom. The van der Waals surface area contributed by atoms with Crippen LogP contribution in [-0.2, 0) is 29.6 Å². The average Bonchev–Trinajstić information content (AvgIpc) is 2.88. The van der Waals surface area contributed by atoms with E-state index >= 15 is 0 Å². The summed E-state index contributed by atoms with van der Waals surface area (Å²) in [7, 11) is -8.44. The molecule has 2 aromatic carbocycles. The summed E-state index contributed by atoms with van der Waals surface area (Å²) >= 11 is 0. The lowest BCUT2D eigenvalue weighted by Gasteiger charge is -2.33. The molecular formula is C23H24F2N2O8S2. The second kappa shape index (κ2) is 10.7. The van der Waals surface area contributed by atoms with Crippen molar-refractivity contribution in [2.24, 2.45) is 0 Å². The summed E-state index contributed by atoms with van der Waals surface area (Å²) in [5, 5.41) is 0. The van der Waals surface area contributed by atoms with Gasteiger partial charge >= 0.3 is 5.97 Å². The minimum absolute atomic E-state index is 0.0346. The van der Waals surface area contributed by atoms with E-state index in [2.05, 4.69) is 4.74 Å².